The van der Waals surface area contributed by atoms with Crippen molar-refractivity contribution in [2.45, 2.75) is 19.3 Å². The molecule has 3 nitrogen and oxygen atoms in total. The zero-order valence-corrected chi connectivity index (χ0v) is 34.0. The topological polar surface area (TPSA) is 38.7 Å². The summed E-state index contributed by atoms with van der Waals surface area (Å²) in [6.07, 6.45) is 0. The number of hydrogen-bond donors (Lipinski definition) is 0. The van der Waals surface area contributed by atoms with Gasteiger partial charge in [0.25, 0.3) is 0 Å². The molecule has 3 aromatic heterocycles. The first-order valence-electron chi connectivity index (χ1n) is 20.0. The molecule has 1 aliphatic rings. The fraction of sp³-hybridized carbons (Fsp3) is 0.0556. The van der Waals surface area contributed by atoms with Gasteiger partial charge in [-0.25, -0.2) is 15.0 Å². The van der Waals surface area contributed by atoms with Crippen LogP contribution in [0.5, 0.6) is 0 Å². The fourth-order valence-corrected chi connectivity index (χ4v) is 11.7. The molecule has 3 heterocycles. The van der Waals surface area contributed by atoms with Gasteiger partial charge in [0.15, 0.2) is 17.5 Å². The van der Waals surface area contributed by atoms with E-state index in [1.54, 1.807) is 0 Å². The average Bonchev–Trinajstić information content (AvgIpc) is 3.94. The molecule has 278 valence electrons. The number of fused-ring (bicyclic) bond motifs is 9. The van der Waals surface area contributed by atoms with Crippen molar-refractivity contribution in [3.05, 3.63) is 187 Å². The summed E-state index contributed by atoms with van der Waals surface area (Å²) in [5.41, 5.74) is 12.7. The minimum atomic E-state index is -0.138. The Bertz CT molecular complexity index is 3290. The molecular formula is C54H35N3S2. The van der Waals surface area contributed by atoms with Gasteiger partial charge in [0.05, 0.1) is 0 Å². The van der Waals surface area contributed by atoms with E-state index < -0.39 is 0 Å². The standard InChI is InChI=1S/C54H35N3S2/c1-54(2)44-20-6-3-14-42(44)48-43(19-11-21-45(48)54)53-56-51(34-28-24-32(25-29-34)36-15-9-17-40-38-12-4-7-22-46(38)58-49(36)40)55-52(57-53)35-30-26-33(27-31-35)37-16-10-18-41-39-13-5-8-23-47(39)59-50(37)41/h3-31H,1-2H3. The van der Waals surface area contributed by atoms with E-state index in [1.807, 2.05) is 22.7 Å². The number of rotatable bonds is 5. The highest BCUT2D eigenvalue weighted by molar-refractivity contribution is 7.26. The molecule has 0 amide bonds. The molecule has 1 aliphatic carbocycles. The van der Waals surface area contributed by atoms with E-state index in [0.717, 1.165) is 16.7 Å². The first kappa shape index (κ1) is 34.3. The smallest absolute Gasteiger partial charge is 0.164 e. The summed E-state index contributed by atoms with van der Waals surface area (Å²) in [5.74, 6) is 1.98. The Labute approximate surface area is 350 Å². The first-order chi connectivity index (χ1) is 29.0. The van der Waals surface area contributed by atoms with Crippen LogP contribution in [-0.2, 0) is 5.41 Å². The van der Waals surface area contributed by atoms with Gasteiger partial charge in [-0.3, -0.25) is 0 Å². The third kappa shape index (κ3) is 5.35. The number of hydrogen-bond acceptors (Lipinski definition) is 5. The lowest BCUT2D eigenvalue weighted by atomic mass is 9.82. The van der Waals surface area contributed by atoms with E-state index >= 15 is 0 Å². The maximum Gasteiger partial charge on any atom is 0.164 e. The summed E-state index contributed by atoms with van der Waals surface area (Å²) >= 11 is 3.71. The number of nitrogens with zero attached hydrogens (tertiary/aromatic N) is 3. The average molecular weight is 790 g/mol. The van der Waals surface area contributed by atoms with E-state index in [-0.39, 0.29) is 5.41 Å². The Kier molecular flexibility index (Phi) is 7.62. The van der Waals surface area contributed by atoms with Crippen molar-refractivity contribution in [3.8, 4) is 67.5 Å². The molecule has 0 saturated heterocycles. The van der Waals surface area contributed by atoms with Crippen LogP contribution in [0.3, 0.4) is 0 Å². The second-order valence-corrected chi connectivity index (χ2v) is 18.0. The molecule has 0 radical (unpaired) electrons. The summed E-state index contributed by atoms with van der Waals surface area (Å²) < 4.78 is 5.22. The highest BCUT2D eigenvalue weighted by Crippen LogP contribution is 2.52. The van der Waals surface area contributed by atoms with E-state index in [4.69, 9.17) is 15.0 Å². The van der Waals surface area contributed by atoms with Crippen molar-refractivity contribution >= 4 is 63.0 Å². The van der Waals surface area contributed by atoms with Crippen LogP contribution in [0.4, 0.5) is 0 Å². The van der Waals surface area contributed by atoms with Crippen molar-refractivity contribution in [1.82, 2.24) is 15.0 Å². The van der Waals surface area contributed by atoms with E-state index in [0.29, 0.717) is 17.5 Å². The second kappa shape index (κ2) is 13.1. The Morgan fingerprint density at radius 2 is 0.746 bits per heavy atom. The lowest BCUT2D eigenvalue weighted by Crippen LogP contribution is -2.14. The summed E-state index contributed by atoms with van der Waals surface area (Å²) in [6.45, 7) is 4.63. The van der Waals surface area contributed by atoms with Gasteiger partial charge in [0.1, 0.15) is 0 Å². The van der Waals surface area contributed by atoms with Crippen molar-refractivity contribution < 1.29 is 0 Å². The van der Waals surface area contributed by atoms with Crippen LogP contribution in [0.2, 0.25) is 0 Å². The zero-order chi connectivity index (χ0) is 39.2. The molecular weight excluding hydrogens is 755 g/mol. The van der Waals surface area contributed by atoms with Crippen LogP contribution in [-0.4, -0.2) is 15.0 Å². The lowest BCUT2D eigenvalue weighted by Gasteiger charge is -2.21. The third-order valence-electron chi connectivity index (χ3n) is 12.2. The Morgan fingerprint density at radius 1 is 0.339 bits per heavy atom. The normalized spacial score (nSPS) is 13.1. The van der Waals surface area contributed by atoms with Gasteiger partial charge >= 0.3 is 0 Å². The van der Waals surface area contributed by atoms with Crippen LogP contribution >= 0.6 is 22.7 Å². The minimum Gasteiger partial charge on any atom is -0.208 e. The van der Waals surface area contributed by atoms with Gasteiger partial charge in [0, 0.05) is 62.4 Å². The fourth-order valence-electron chi connectivity index (χ4n) is 9.24. The monoisotopic (exact) mass is 789 g/mol. The quantitative estimate of drug-likeness (QED) is 0.174. The maximum atomic E-state index is 5.28. The molecule has 0 atom stereocenters. The third-order valence-corrected chi connectivity index (χ3v) is 14.6. The zero-order valence-electron chi connectivity index (χ0n) is 32.4. The van der Waals surface area contributed by atoms with Crippen molar-refractivity contribution in [3.63, 3.8) is 0 Å². The van der Waals surface area contributed by atoms with Gasteiger partial charge < -0.3 is 0 Å². The Hall–Kier alpha value is -6.79. The second-order valence-electron chi connectivity index (χ2n) is 15.9. The number of aromatic nitrogens is 3. The molecule has 0 saturated carbocycles. The van der Waals surface area contributed by atoms with Crippen LogP contribution in [0.15, 0.2) is 176 Å². The van der Waals surface area contributed by atoms with Gasteiger partial charge in [-0.2, -0.15) is 0 Å². The van der Waals surface area contributed by atoms with Gasteiger partial charge in [0.2, 0.25) is 0 Å². The lowest BCUT2D eigenvalue weighted by molar-refractivity contribution is 0.660. The molecule has 0 bridgehead atoms. The van der Waals surface area contributed by atoms with Crippen LogP contribution in [0, 0.1) is 0 Å². The molecule has 8 aromatic carbocycles. The van der Waals surface area contributed by atoms with E-state index in [2.05, 4.69) is 190 Å². The van der Waals surface area contributed by atoms with Gasteiger partial charge in [-0.05, 0) is 56.6 Å². The molecule has 5 heteroatoms. The van der Waals surface area contributed by atoms with Gasteiger partial charge in [-0.15, -0.1) is 22.7 Å². The summed E-state index contributed by atoms with van der Waals surface area (Å²) in [5, 5.41) is 5.20. The minimum absolute atomic E-state index is 0.138. The number of thiophene rings is 2. The molecule has 0 N–H and O–H groups in total. The van der Waals surface area contributed by atoms with Crippen LogP contribution in [0.1, 0.15) is 25.0 Å². The largest absolute Gasteiger partial charge is 0.208 e. The van der Waals surface area contributed by atoms with Crippen molar-refractivity contribution in [2.75, 3.05) is 0 Å². The number of benzene rings is 8. The van der Waals surface area contributed by atoms with Gasteiger partial charge in [-0.1, -0.05) is 178 Å². The SMILES string of the molecule is CC1(C)c2ccccc2-c2c(-c3nc(-c4ccc(-c5cccc6c5sc5ccccc56)cc4)nc(-c4ccc(-c5cccc6c5sc5ccccc56)cc4)n3)cccc21. The van der Waals surface area contributed by atoms with E-state index in [1.165, 1.54) is 84.9 Å². The Balaban J connectivity index is 0.996. The predicted molar refractivity (Wildman–Crippen MR) is 250 cm³/mol. The molecule has 12 rings (SSSR count). The summed E-state index contributed by atoms with van der Waals surface area (Å²) in [7, 11) is 0. The highest BCUT2D eigenvalue weighted by Gasteiger charge is 2.37. The molecule has 0 unspecified atom stereocenters. The molecule has 0 aliphatic heterocycles. The Morgan fingerprint density at radius 3 is 1.32 bits per heavy atom. The summed E-state index contributed by atoms with van der Waals surface area (Å²) in [6, 6.07) is 63.4. The molecule has 0 spiro atoms. The van der Waals surface area contributed by atoms with Crippen molar-refractivity contribution in [1.29, 1.82) is 0 Å². The van der Waals surface area contributed by atoms with Crippen molar-refractivity contribution in [2.24, 2.45) is 0 Å². The van der Waals surface area contributed by atoms with Crippen LogP contribution in [0.25, 0.3) is 108 Å². The molecule has 11 aromatic rings. The van der Waals surface area contributed by atoms with Crippen LogP contribution < -0.4 is 0 Å². The maximum absolute atomic E-state index is 5.28. The molecule has 0 fully saturated rings. The summed E-state index contributed by atoms with van der Waals surface area (Å²) in [4.78, 5) is 15.8. The van der Waals surface area contributed by atoms with E-state index in [9.17, 15) is 0 Å². The molecule has 59 heavy (non-hydrogen) atoms. The highest BCUT2D eigenvalue weighted by atomic mass is 32.1. The first-order valence-corrected chi connectivity index (χ1v) is 21.6. The predicted octanol–water partition coefficient (Wildman–Crippen LogP) is 15.2.